The zero-order valence-electron chi connectivity index (χ0n) is 24.9. The Labute approximate surface area is 266 Å². The maximum atomic E-state index is 5.13. The van der Waals surface area contributed by atoms with Crippen molar-refractivity contribution < 1.29 is 0 Å². The van der Waals surface area contributed by atoms with Gasteiger partial charge in [0.25, 0.3) is 0 Å². The summed E-state index contributed by atoms with van der Waals surface area (Å²) >= 11 is 0. The van der Waals surface area contributed by atoms with Gasteiger partial charge in [0, 0.05) is 29.1 Å². The van der Waals surface area contributed by atoms with Gasteiger partial charge >= 0.3 is 0 Å². The third kappa shape index (κ3) is 4.33. The van der Waals surface area contributed by atoms with E-state index in [1.165, 1.54) is 43.6 Å². The molecule has 0 saturated carbocycles. The summed E-state index contributed by atoms with van der Waals surface area (Å²) in [5, 5.41) is 7.26. The van der Waals surface area contributed by atoms with Gasteiger partial charge in [-0.2, -0.15) is 0 Å². The van der Waals surface area contributed by atoms with Crippen LogP contribution in [0.25, 0.3) is 88.1 Å². The summed E-state index contributed by atoms with van der Waals surface area (Å²) in [6.45, 7) is 0. The second kappa shape index (κ2) is 10.8. The number of aromatic nitrogens is 3. The van der Waals surface area contributed by atoms with Crippen LogP contribution in [0, 0.1) is 0 Å². The first kappa shape index (κ1) is 26.2. The van der Waals surface area contributed by atoms with Crippen molar-refractivity contribution in [1.82, 2.24) is 15.0 Å². The third-order valence-electron chi connectivity index (χ3n) is 8.90. The molecule has 9 rings (SSSR count). The number of hydrogen-bond donors (Lipinski definition) is 0. The molecule has 9 aromatic rings. The van der Waals surface area contributed by atoms with Gasteiger partial charge in [0.1, 0.15) is 0 Å². The van der Waals surface area contributed by atoms with Crippen LogP contribution in [0.5, 0.6) is 0 Å². The quantitative estimate of drug-likeness (QED) is 0.193. The number of fused-ring (bicyclic) bond motifs is 4. The fourth-order valence-electron chi connectivity index (χ4n) is 6.81. The van der Waals surface area contributed by atoms with Crippen LogP contribution in [-0.2, 0) is 0 Å². The van der Waals surface area contributed by atoms with Crippen LogP contribution in [0.15, 0.2) is 164 Å². The predicted octanol–water partition coefficient (Wildman–Crippen LogP) is 11.2. The molecule has 3 heteroatoms. The first-order valence-electron chi connectivity index (χ1n) is 15.5. The molecule has 46 heavy (non-hydrogen) atoms. The number of rotatable bonds is 4. The van der Waals surface area contributed by atoms with Crippen LogP contribution < -0.4 is 0 Å². The van der Waals surface area contributed by atoms with E-state index in [2.05, 4.69) is 120 Å². The largest absolute Gasteiger partial charge is 0.264 e. The molecule has 3 nitrogen and oxygen atoms in total. The van der Waals surface area contributed by atoms with Crippen molar-refractivity contribution in [3.05, 3.63) is 164 Å². The maximum absolute atomic E-state index is 5.13. The summed E-state index contributed by atoms with van der Waals surface area (Å²) in [7, 11) is 0. The van der Waals surface area contributed by atoms with Crippen LogP contribution >= 0.6 is 0 Å². The standard InChI is InChI=1S/C43H27N3/c1-2-11-28(12-3-1)42-43(46-39-19-9-8-18-38(39)45-42)32-23-21-29-25-31(22-20-30(29)26-32)40-34-14-4-6-16-36(34)41(33-13-10-24-44-27-33)37-17-7-5-15-35(37)40/h1-27H. The van der Waals surface area contributed by atoms with E-state index >= 15 is 0 Å². The van der Waals surface area contributed by atoms with Crippen molar-refractivity contribution in [2.24, 2.45) is 0 Å². The molecule has 214 valence electrons. The molecule has 0 aliphatic carbocycles. The Morgan fingerprint density at radius 1 is 0.348 bits per heavy atom. The van der Waals surface area contributed by atoms with Crippen molar-refractivity contribution >= 4 is 43.4 Å². The molecular weight excluding hydrogens is 558 g/mol. The molecule has 0 unspecified atom stereocenters. The normalized spacial score (nSPS) is 11.5. The van der Waals surface area contributed by atoms with Gasteiger partial charge in [0.15, 0.2) is 0 Å². The molecule has 0 fully saturated rings. The minimum atomic E-state index is 0.888. The van der Waals surface area contributed by atoms with Crippen molar-refractivity contribution in [2.75, 3.05) is 0 Å². The fraction of sp³-hybridized carbons (Fsp3) is 0. The number of benzene rings is 7. The molecule has 0 atom stereocenters. The molecular formula is C43H27N3. The average molecular weight is 586 g/mol. The lowest BCUT2D eigenvalue weighted by molar-refractivity contribution is 1.29. The zero-order chi connectivity index (χ0) is 30.5. The van der Waals surface area contributed by atoms with E-state index < -0.39 is 0 Å². The Morgan fingerprint density at radius 3 is 1.41 bits per heavy atom. The lowest BCUT2D eigenvalue weighted by Crippen LogP contribution is -1.95. The van der Waals surface area contributed by atoms with Gasteiger partial charge in [0.2, 0.25) is 0 Å². The molecule has 0 radical (unpaired) electrons. The van der Waals surface area contributed by atoms with Crippen LogP contribution in [-0.4, -0.2) is 15.0 Å². The van der Waals surface area contributed by atoms with Crippen molar-refractivity contribution in [2.45, 2.75) is 0 Å². The van der Waals surface area contributed by atoms with Gasteiger partial charge in [-0.05, 0) is 79.3 Å². The zero-order valence-corrected chi connectivity index (χ0v) is 24.9. The molecule has 0 amide bonds. The van der Waals surface area contributed by atoms with Gasteiger partial charge in [-0.25, -0.2) is 9.97 Å². The van der Waals surface area contributed by atoms with E-state index in [0.29, 0.717) is 0 Å². The second-order valence-corrected chi connectivity index (χ2v) is 11.6. The topological polar surface area (TPSA) is 38.7 Å². The molecule has 0 saturated heterocycles. The van der Waals surface area contributed by atoms with E-state index in [9.17, 15) is 0 Å². The van der Waals surface area contributed by atoms with Crippen LogP contribution in [0.4, 0.5) is 0 Å². The fourth-order valence-corrected chi connectivity index (χ4v) is 6.81. The molecule has 0 bridgehead atoms. The summed E-state index contributed by atoms with van der Waals surface area (Å²) in [5.74, 6) is 0. The van der Waals surface area contributed by atoms with E-state index in [1.54, 1.807) is 0 Å². The molecule has 0 spiro atoms. The Balaban J connectivity index is 1.23. The summed E-state index contributed by atoms with van der Waals surface area (Å²) in [4.78, 5) is 14.7. The first-order chi connectivity index (χ1) is 22.8. The van der Waals surface area contributed by atoms with Crippen LogP contribution in [0.3, 0.4) is 0 Å². The van der Waals surface area contributed by atoms with Gasteiger partial charge in [-0.15, -0.1) is 0 Å². The smallest absolute Gasteiger partial charge is 0.0973 e. The average Bonchev–Trinajstić information content (AvgIpc) is 3.13. The van der Waals surface area contributed by atoms with E-state index in [4.69, 9.17) is 9.97 Å². The minimum Gasteiger partial charge on any atom is -0.264 e. The number of hydrogen-bond acceptors (Lipinski definition) is 3. The summed E-state index contributed by atoms with van der Waals surface area (Å²) in [5.41, 5.74) is 10.5. The Kier molecular flexibility index (Phi) is 6.14. The van der Waals surface area contributed by atoms with Crippen molar-refractivity contribution in [3.8, 4) is 44.8 Å². The number of nitrogens with zero attached hydrogens (tertiary/aromatic N) is 3. The molecule has 2 aromatic heterocycles. The van der Waals surface area contributed by atoms with Crippen molar-refractivity contribution in [3.63, 3.8) is 0 Å². The van der Waals surface area contributed by atoms with Gasteiger partial charge in [-0.3, -0.25) is 4.98 Å². The van der Waals surface area contributed by atoms with Gasteiger partial charge < -0.3 is 0 Å². The highest BCUT2D eigenvalue weighted by Crippen LogP contribution is 2.44. The lowest BCUT2D eigenvalue weighted by Gasteiger charge is -2.18. The van der Waals surface area contributed by atoms with Gasteiger partial charge in [-0.1, -0.05) is 121 Å². The lowest BCUT2D eigenvalue weighted by atomic mass is 9.86. The molecule has 0 aliphatic rings. The highest BCUT2D eigenvalue weighted by atomic mass is 14.8. The van der Waals surface area contributed by atoms with E-state index in [-0.39, 0.29) is 0 Å². The Morgan fingerprint density at radius 2 is 0.826 bits per heavy atom. The molecule has 2 heterocycles. The maximum Gasteiger partial charge on any atom is 0.0973 e. The van der Waals surface area contributed by atoms with Crippen LogP contribution in [0.1, 0.15) is 0 Å². The Bertz CT molecular complexity index is 2520. The third-order valence-corrected chi connectivity index (χ3v) is 8.90. The number of para-hydroxylation sites is 2. The highest BCUT2D eigenvalue weighted by Gasteiger charge is 2.18. The number of pyridine rings is 1. The summed E-state index contributed by atoms with van der Waals surface area (Å²) in [6.07, 6.45) is 3.79. The van der Waals surface area contributed by atoms with E-state index in [0.717, 1.165) is 44.5 Å². The summed E-state index contributed by atoms with van der Waals surface area (Å²) in [6, 6.07) is 53.5. The molecule has 0 N–H and O–H groups in total. The second-order valence-electron chi connectivity index (χ2n) is 11.6. The van der Waals surface area contributed by atoms with E-state index in [1.807, 2.05) is 48.8 Å². The molecule has 7 aromatic carbocycles. The van der Waals surface area contributed by atoms with Gasteiger partial charge in [0.05, 0.1) is 22.4 Å². The minimum absolute atomic E-state index is 0.888. The van der Waals surface area contributed by atoms with Crippen molar-refractivity contribution in [1.29, 1.82) is 0 Å². The van der Waals surface area contributed by atoms with Crippen LogP contribution in [0.2, 0.25) is 0 Å². The predicted molar refractivity (Wildman–Crippen MR) is 192 cm³/mol. The Hall–Kier alpha value is -6.19. The summed E-state index contributed by atoms with van der Waals surface area (Å²) < 4.78 is 0. The monoisotopic (exact) mass is 585 g/mol. The first-order valence-corrected chi connectivity index (χ1v) is 15.5. The highest BCUT2D eigenvalue weighted by molar-refractivity contribution is 6.21. The molecule has 0 aliphatic heterocycles. The SMILES string of the molecule is c1ccc(-c2nc3ccccc3nc2-c2ccc3cc(-c4c5ccccc5c(-c5cccnc5)c5ccccc45)ccc3c2)cc1.